The third-order valence-corrected chi connectivity index (χ3v) is 9.65. The van der Waals surface area contributed by atoms with Crippen LogP contribution in [0.15, 0.2) is 51.7 Å². The fourth-order valence-electron chi connectivity index (χ4n) is 6.82. The van der Waals surface area contributed by atoms with Gasteiger partial charge in [0.1, 0.15) is 0 Å². The van der Waals surface area contributed by atoms with Gasteiger partial charge in [-0.05, 0) is 77.0 Å². The Kier molecular flexibility index (Phi) is 13.7. The smallest absolute Gasteiger partial charge is 0.410 e. The molecule has 1 saturated carbocycles. The van der Waals surface area contributed by atoms with E-state index in [0.29, 0.717) is 26.2 Å². The number of unbranched alkanes of at least 4 members (excludes halogenated alkanes) is 4. The van der Waals surface area contributed by atoms with Gasteiger partial charge in [0.05, 0.1) is 5.71 Å². The maximum atomic E-state index is 14.4. The number of ether oxygens (including phenoxy) is 1. The summed E-state index contributed by atoms with van der Waals surface area (Å²) in [5.74, 6) is -2.35. The van der Waals surface area contributed by atoms with Gasteiger partial charge < -0.3 is 14.5 Å². The molecule has 248 valence electrons. The first-order valence-corrected chi connectivity index (χ1v) is 17.4. The number of hydrogen-bond donors (Lipinski definition) is 0. The Morgan fingerprint density at radius 2 is 1.80 bits per heavy atom. The van der Waals surface area contributed by atoms with Gasteiger partial charge in [0.25, 0.3) is 5.92 Å². The largest absolute Gasteiger partial charge is 0.437 e. The first-order valence-electron chi connectivity index (χ1n) is 17.4. The van der Waals surface area contributed by atoms with Gasteiger partial charge in [-0.2, -0.15) is 0 Å². The number of amides is 1. The number of alkyl halides is 2. The second kappa shape index (κ2) is 16.7. The number of nitrogens with zero attached hydrogens (tertiary/aromatic N) is 3. The Morgan fingerprint density at radius 3 is 2.43 bits per heavy atom. The predicted molar refractivity (Wildman–Crippen MR) is 179 cm³/mol. The Bertz CT molecular complexity index is 1110. The van der Waals surface area contributed by atoms with Gasteiger partial charge in [0.15, 0.2) is 5.60 Å². The van der Waals surface area contributed by atoms with Crippen molar-refractivity contribution in [2.24, 2.45) is 10.9 Å². The lowest BCUT2D eigenvalue weighted by atomic mass is 9.81. The molecule has 1 aliphatic heterocycles. The summed E-state index contributed by atoms with van der Waals surface area (Å²) in [5, 5.41) is 0. The Hall–Kier alpha value is -2.44. The quantitative estimate of drug-likeness (QED) is 0.194. The van der Waals surface area contributed by atoms with E-state index in [-0.39, 0.29) is 12.5 Å². The van der Waals surface area contributed by atoms with E-state index >= 15 is 0 Å². The van der Waals surface area contributed by atoms with Crippen LogP contribution in [0, 0.1) is 5.92 Å². The van der Waals surface area contributed by atoms with Gasteiger partial charge in [-0.1, -0.05) is 83.4 Å². The minimum Gasteiger partial charge on any atom is -0.437 e. The number of aliphatic imine (C=N–C) groups is 1. The molecular weight excluding hydrogens is 556 g/mol. The monoisotopic (exact) mass is 615 g/mol. The average molecular weight is 616 g/mol. The van der Waals surface area contributed by atoms with Gasteiger partial charge in [0.2, 0.25) is 0 Å². The molecule has 5 nitrogen and oxygen atoms in total. The molecule has 0 spiro atoms. The van der Waals surface area contributed by atoms with E-state index in [2.05, 4.69) is 56.9 Å². The molecule has 3 aliphatic rings. The van der Waals surface area contributed by atoms with E-state index in [9.17, 15) is 13.6 Å². The van der Waals surface area contributed by atoms with E-state index in [1.165, 1.54) is 89.7 Å². The fourth-order valence-corrected chi connectivity index (χ4v) is 6.82. The molecule has 7 heteroatoms. The van der Waals surface area contributed by atoms with E-state index in [1.54, 1.807) is 4.90 Å². The molecule has 0 aromatic carbocycles. The second-order valence-electron chi connectivity index (χ2n) is 13.5. The number of piperazine rings is 1. The molecule has 44 heavy (non-hydrogen) atoms. The molecule has 1 atom stereocenters. The van der Waals surface area contributed by atoms with Crippen molar-refractivity contribution >= 4 is 11.8 Å². The fraction of sp³-hybridized carbons (Fsp3) is 0.730. The van der Waals surface area contributed by atoms with E-state index in [1.807, 2.05) is 0 Å². The molecule has 0 aromatic heterocycles. The van der Waals surface area contributed by atoms with Crippen molar-refractivity contribution < 1.29 is 18.3 Å². The van der Waals surface area contributed by atoms with Crippen molar-refractivity contribution in [2.45, 2.75) is 143 Å². The number of carbonyl (C=O) groups excluding carboxylic acids is 1. The lowest BCUT2D eigenvalue weighted by Gasteiger charge is -2.43. The minimum absolute atomic E-state index is 0.00615. The van der Waals surface area contributed by atoms with Crippen LogP contribution in [0.2, 0.25) is 0 Å². The van der Waals surface area contributed by atoms with Gasteiger partial charge in [-0.3, -0.25) is 4.99 Å². The maximum Gasteiger partial charge on any atom is 0.410 e. The Labute approximate surface area is 266 Å². The molecule has 1 amide bonds. The SMILES string of the molecule is CCCCCC/C=C/C1=CC(CC2CCCCC2)=CC(=NCC)/C1=C(\C)N1CCN(C(=O)OC(C)(C)C(F)(F)CC)C[C@@H]1C. The summed E-state index contributed by atoms with van der Waals surface area (Å²) in [6, 6.07) is -0.00615. The van der Waals surface area contributed by atoms with Crippen molar-refractivity contribution in [2.75, 3.05) is 26.2 Å². The zero-order chi connectivity index (χ0) is 32.3. The number of hydrogen-bond acceptors (Lipinski definition) is 4. The molecule has 2 fully saturated rings. The van der Waals surface area contributed by atoms with Crippen LogP contribution in [0.5, 0.6) is 0 Å². The second-order valence-corrected chi connectivity index (χ2v) is 13.5. The molecule has 1 saturated heterocycles. The molecule has 1 heterocycles. The van der Waals surface area contributed by atoms with Gasteiger partial charge >= 0.3 is 6.09 Å². The highest BCUT2D eigenvalue weighted by molar-refractivity contribution is 6.14. The standard InChI is InChI=1S/C37H59F2N3O2/c1-8-11-12-13-14-18-21-32-25-31(24-30-19-16-15-17-20-30)26-33(40-10-3)34(32)29(5)42-23-22-41(27-28(42)4)35(43)44-36(6,7)37(38,39)9-2/h18,21,25-26,28,30H,8-17,19-20,22-24,27H2,1-7H3/b21-18+,34-29+,40-33?/t28-/m0/s1. The van der Waals surface area contributed by atoms with Crippen molar-refractivity contribution in [3.05, 3.63) is 46.7 Å². The minimum atomic E-state index is -3.09. The van der Waals surface area contributed by atoms with Crippen LogP contribution in [-0.4, -0.2) is 65.3 Å². The lowest BCUT2D eigenvalue weighted by molar-refractivity contribution is -0.169. The van der Waals surface area contributed by atoms with Crippen molar-refractivity contribution in [1.29, 1.82) is 0 Å². The summed E-state index contributed by atoms with van der Waals surface area (Å²) in [5.41, 5.74) is 4.08. The summed E-state index contributed by atoms with van der Waals surface area (Å²) in [4.78, 5) is 21.9. The molecule has 3 rings (SSSR count). The van der Waals surface area contributed by atoms with Gasteiger partial charge in [0, 0.05) is 49.9 Å². The summed E-state index contributed by atoms with van der Waals surface area (Å²) in [6.45, 7) is 14.7. The van der Waals surface area contributed by atoms with Crippen LogP contribution in [-0.2, 0) is 4.74 Å². The van der Waals surface area contributed by atoms with E-state index in [0.717, 1.165) is 35.7 Å². The highest BCUT2D eigenvalue weighted by Crippen LogP contribution is 2.37. The Morgan fingerprint density at radius 1 is 1.07 bits per heavy atom. The van der Waals surface area contributed by atoms with E-state index < -0.39 is 17.6 Å². The molecule has 0 N–H and O–H groups in total. The third-order valence-electron chi connectivity index (χ3n) is 9.65. The molecule has 0 radical (unpaired) electrons. The highest BCUT2D eigenvalue weighted by atomic mass is 19.3. The molecular formula is C37H59F2N3O2. The van der Waals surface area contributed by atoms with Gasteiger partial charge in [-0.25, -0.2) is 13.6 Å². The molecule has 0 unspecified atom stereocenters. The first kappa shape index (κ1) is 36.0. The number of allylic oxidation sites excluding steroid dienone is 8. The number of rotatable bonds is 13. The van der Waals surface area contributed by atoms with Gasteiger partial charge in [-0.15, -0.1) is 0 Å². The topological polar surface area (TPSA) is 45.1 Å². The summed E-state index contributed by atoms with van der Waals surface area (Å²) in [7, 11) is 0. The van der Waals surface area contributed by atoms with E-state index in [4.69, 9.17) is 9.73 Å². The average Bonchev–Trinajstić information content (AvgIpc) is 2.99. The van der Waals surface area contributed by atoms with Crippen LogP contribution >= 0.6 is 0 Å². The van der Waals surface area contributed by atoms with Crippen LogP contribution in [0.1, 0.15) is 126 Å². The molecule has 0 aromatic rings. The molecule has 0 bridgehead atoms. The van der Waals surface area contributed by atoms with Crippen LogP contribution < -0.4 is 0 Å². The summed E-state index contributed by atoms with van der Waals surface area (Å²) < 4.78 is 34.2. The molecule has 2 aliphatic carbocycles. The van der Waals surface area contributed by atoms with Crippen LogP contribution in [0.25, 0.3) is 0 Å². The normalized spacial score (nSPS) is 22.8. The first-order chi connectivity index (χ1) is 20.9. The Balaban J connectivity index is 1.85. The van der Waals surface area contributed by atoms with Crippen LogP contribution in [0.4, 0.5) is 13.6 Å². The zero-order valence-corrected chi connectivity index (χ0v) is 28.7. The zero-order valence-electron chi connectivity index (χ0n) is 28.7. The lowest BCUT2D eigenvalue weighted by Crippen LogP contribution is -2.55. The predicted octanol–water partition coefficient (Wildman–Crippen LogP) is 10.1. The summed E-state index contributed by atoms with van der Waals surface area (Å²) >= 11 is 0. The van der Waals surface area contributed by atoms with Crippen molar-refractivity contribution in [3.8, 4) is 0 Å². The highest BCUT2D eigenvalue weighted by Gasteiger charge is 2.49. The number of halogens is 2. The third kappa shape index (κ3) is 9.53. The van der Waals surface area contributed by atoms with Crippen LogP contribution in [0.3, 0.4) is 0 Å². The van der Waals surface area contributed by atoms with Crippen molar-refractivity contribution in [3.63, 3.8) is 0 Å². The van der Waals surface area contributed by atoms with Crippen molar-refractivity contribution in [1.82, 2.24) is 9.80 Å². The number of carbonyl (C=O) groups is 1. The maximum absolute atomic E-state index is 14.4. The summed E-state index contributed by atoms with van der Waals surface area (Å²) in [6.07, 6.45) is 22.1.